The van der Waals surface area contributed by atoms with E-state index in [-0.39, 0.29) is 30.3 Å². The molecule has 1 fully saturated rings. The molecule has 0 radical (unpaired) electrons. The Hall–Kier alpha value is -1.78. The van der Waals surface area contributed by atoms with E-state index in [0.29, 0.717) is 16.9 Å². The summed E-state index contributed by atoms with van der Waals surface area (Å²) in [5.74, 6) is -0.788. The number of nitrogens with one attached hydrogen (secondary N) is 1. The van der Waals surface area contributed by atoms with Gasteiger partial charge in [-0.05, 0) is 44.5 Å². The molecule has 1 saturated heterocycles. The van der Waals surface area contributed by atoms with Gasteiger partial charge in [0.25, 0.3) is 0 Å². The van der Waals surface area contributed by atoms with Gasteiger partial charge in [0.05, 0.1) is 28.1 Å². The Morgan fingerprint density at radius 3 is 2.50 bits per heavy atom. The minimum absolute atomic E-state index is 0.0255. The molecular formula is C16H20FN3O4S2. The van der Waals surface area contributed by atoms with Crippen LogP contribution in [0.2, 0.25) is 0 Å². The summed E-state index contributed by atoms with van der Waals surface area (Å²) in [5.41, 5.74) is 2.76. The number of aryl methyl sites for hydroxylation is 1. The summed E-state index contributed by atoms with van der Waals surface area (Å²) in [6.45, 7) is 3.58. The third kappa shape index (κ3) is 3.81. The van der Waals surface area contributed by atoms with Crippen molar-refractivity contribution in [3.63, 3.8) is 0 Å². The largest absolute Gasteiger partial charge is 0.238 e. The van der Waals surface area contributed by atoms with Gasteiger partial charge in [0.15, 0.2) is 9.84 Å². The van der Waals surface area contributed by atoms with E-state index in [1.165, 1.54) is 12.1 Å². The predicted octanol–water partition coefficient (Wildman–Crippen LogP) is 1.23. The van der Waals surface area contributed by atoms with Crippen molar-refractivity contribution < 1.29 is 21.2 Å². The van der Waals surface area contributed by atoms with Crippen molar-refractivity contribution in [3.05, 3.63) is 47.0 Å². The number of hydrogen-bond acceptors (Lipinski definition) is 5. The van der Waals surface area contributed by atoms with E-state index in [1.807, 2.05) is 0 Å². The van der Waals surface area contributed by atoms with Crippen LogP contribution in [0.5, 0.6) is 0 Å². The van der Waals surface area contributed by atoms with E-state index in [1.54, 1.807) is 30.7 Å². The molecule has 1 N–H and O–H groups in total. The maximum absolute atomic E-state index is 13.1. The fraction of sp³-hybridized carbons (Fsp3) is 0.438. The van der Waals surface area contributed by atoms with E-state index in [0.717, 1.165) is 5.69 Å². The summed E-state index contributed by atoms with van der Waals surface area (Å²) in [7, 11) is -7.02. The molecule has 7 nitrogen and oxygen atoms in total. The Labute approximate surface area is 152 Å². The van der Waals surface area contributed by atoms with Gasteiger partial charge in [0, 0.05) is 17.8 Å². The van der Waals surface area contributed by atoms with E-state index >= 15 is 0 Å². The third-order valence-corrected chi connectivity index (χ3v) is 8.40. The van der Waals surface area contributed by atoms with Gasteiger partial charge in [-0.25, -0.2) is 30.6 Å². The number of sulfonamides is 1. The van der Waals surface area contributed by atoms with Crippen LogP contribution in [0.3, 0.4) is 0 Å². The normalized spacial score (nSPS) is 19.7. The second-order valence-electron chi connectivity index (χ2n) is 6.43. The van der Waals surface area contributed by atoms with Crippen molar-refractivity contribution >= 4 is 19.9 Å². The Morgan fingerprint density at radius 1 is 1.27 bits per heavy atom. The lowest BCUT2D eigenvalue weighted by Gasteiger charge is -2.12. The SMILES string of the molecule is Cc1nn(-c2ccc(F)cc2)c(C)c1CNS(=O)(=O)C1CCS(=O)(=O)C1. The number of sulfone groups is 1. The lowest BCUT2D eigenvalue weighted by atomic mass is 10.2. The topological polar surface area (TPSA) is 98.1 Å². The van der Waals surface area contributed by atoms with Gasteiger partial charge < -0.3 is 0 Å². The molecule has 0 saturated carbocycles. The Balaban J connectivity index is 1.80. The summed E-state index contributed by atoms with van der Waals surface area (Å²) in [6, 6.07) is 5.83. The zero-order chi connectivity index (χ0) is 19.1. The lowest BCUT2D eigenvalue weighted by molar-refractivity contribution is 0.567. The maximum Gasteiger partial charge on any atom is 0.215 e. The second kappa shape index (κ2) is 6.75. The first-order chi connectivity index (χ1) is 12.1. The Bertz CT molecular complexity index is 1030. The molecule has 0 bridgehead atoms. The fourth-order valence-corrected chi connectivity index (χ4v) is 7.10. The van der Waals surface area contributed by atoms with Crippen LogP contribution in [-0.4, -0.2) is 43.4 Å². The number of nitrogens with zero attached hydrogens (tertiary/aromatic N) is 2. The molecule has 1 aromatic carbocycles. The molecule has 1 aliphatic rings. The van der Waals surface area contributed by atoms with Crippen LogP contribution in [0.4, 0.5) is 4.39 Å². The zero-order valence-electron chi connectivity index (χ0n) is 14.4. The number of hydrogen-bond donors (Lipinski definition) is 1. The van der Waals surface area contributed by atoms with Gasteiger partial charge in [-0.3, -0.25) is 0 Å². The molecule has 26 heavy (non-hydrogen) atoms. The van der Waals surface area contributed by atoms with E-state index in [9.17, 15) is 21.2 Å². The fourth-order valence-electron chi connectivity index (χ4n) is 3.06. The van der Waals surface area contributed by atoms with Crippen molar-refractivity contribution in [1.29, 1.82) is 0 Å². The van der Waals surface area contributed by atoms with Crippen LogP contribution in [0.1, 0.15) is 23.4 Å². The van der Waals surface area contributed by atoms with Crippen LogP contribution in [0.25, 0.3) is 5.69 Å². The molecule has 1 aliphatic heterocycles. The first-order valence-electron chi connectivity index (χ1n) is 8.09. The summed E-state index contributed by atoms with van der Waals surface area (Å²) in [4.78, 5) is 0. The smallest absolute Gasteiger partial charge is 0.215 e. The summed E-state index contributed by atoms with van der Waals surface area (Å²) < 4.78 is 65.0. The monoisotopic (exact) mass is 401 g/mol. The Kier molecular flexibility index (Phi) is 4.93. The van der Waals surface area contributed by atoms with Crippen molar-refractivity contribution in [3.8, 4) is 5.69 Å². The predicted molar refractivity (Wildman–Crippen MR) is 95.8 cm³/mol. The minimum Gasteiger partial charge on any atom is -0.238 e. The number of halogens is 1. The molecule has 1 atom stereocenters. The molecule has 1 aromatic heterocycles. The zero-order valence-corrected chi connectivity index (χ0v) is 16.1. The highest BCUT2D eigenvalue weighted by atomic mass is 32.2. The van der Waals surface area contributed by atoms with Crippen LogP contribution in [0, 0.1) is 19.7 Å². The van der Waals surface area contributed by atoms with Crippen LogP contribution < -0.4 is 4.72 Å². The number of rotatable bonds is 5. The molecule has 10 heteroatoms. The molecule has 0 spiro atoms. The molecule has 2 aromatic rings. The van der Waals surface area contributed by atoms with Crippen LogP contribution >= 0.6 is 0 Å². The van der Waals surface area contributed by atoms with Gasteiger partial charge in [-0.15, -0.1) is 0 Å². The van der Waals surface area contributed by atoms with E-state index in [2.05, 4.69) is 9.82 Å². The molecule has 3 rings (SSSR count). The quantitative estimate of drug-likeness (QED) is 0.813. The van der Waals surface area contributed by atoms with Gasteiger partial charge in [0.1, 0.15) is 5.82 Å². The van der Waals surface area contributed by atoms with Gasteiger partial charge in [-0.2, -0.15) is 5.10 Å². The third-order valence-electron chi connectivity index (χ3n) is 4.59. The maximum atomic E-state index is 13.1. The molecule has 1 unspecified atom stereocenters. The highest BCUT2D eigenvalue weighted by molar-refractivity contribution is 7.95. The van der Waals surface area contributed by atoms with Gasteiger partial charge in [0.2, 0.25) is 10.0 Å². The molecule has 2 heterocycles. The summed E-state index contributed by atoms with van der Waals surface area (Å²) in [5, 5.41) is 3.48. The van der Waals surface area contributed by atoms with Gasteiger partial charge in [-0.1, -0.05) is 0 Å². The summed E-state index contributed by atoms with van der Waals surface area (Å²) in [6.07, 6.45) is 0.116. The summed E-state index contributed by atoms with van der Waals surface area (Å²) >= 11 is 0. The minimum atomic E-state index is -3.74. The number of aromatic nitrogens is 2. The van der Waals surface area contributed by atoms with Crippen molar-refractivity contribution in [2.75, 3.05) is 11.5 Å². The second-order valence-corrected chi connectivity index (χ2v) is 10.7. The number of benzene rings is 1. The van der Waals surface area contributed by atoms with Gasteiger partial charge >= 0.3 is 0 Å². The first-order valence-corrected chi connectivity index (χ1v) is 11.5. The highest BCUT2D eigenvalue weighted by Crippen LogP contribution is 2.21. The first kappa shape index (κ1) is 19.0. The standard InChI is InChI=1S/C16H20FN3O4S2/c1-11-16(9-18-26(23,24)15-7-8-25(21,22)10-15)12(2)20(19-11)14-5-3-13(17)4-6-14/h3-6,15,18H,7-10H2,1-2H3. The van der Waals surface area contributed by atoms with Crippen molar-refractivity contribution in [2.45, 2.75) is 32.1 Å². The molecule has 0 aliphatic carbocycles. The molecule has 0 amide bonds. The molecular weight excluding hydrogens is 381 g/mol. The van der Waals surface area contributed by atoms with Crippen molar-refractivity contribution in [2.24, 2.45) is 0 Å². The van der Waals surface area contributed by atoms with Crippen molar-refractivity contribution in [1.82, 2.24) is 14.5 Å². The molecule has 142 valence electrons. The Morgan fingerprint density at radius 2 is 1.92 bits per heavy atom. The average Bonchev–Trinajstić information content (AvgIpc) is 3.07. The van der Waals surface area contributed by atoms with Crippen LogP contribution in [-0.2, 0) is 26.4 Å². The van der Waals surface area contributed by atoms with Crippen LogP contribution in [0.15, 0.2) is 24.3 Å². The lowest BCUT2D eigenvalue weighted by Crippen LogP contribution is -2.35. The van der Waals surface area contributed by atoms with E-state index in [4.69, 9.17) is 0 Å². The average molecular weight is 401 g/mol. The van der Waals surface area contributed by atoms with E-state index < -0.39 is 25.1 Å². The highest BCUT2D eigenvalue weighted by Gasteiger charge is 2.37.